The Labute approximate surface area is 46.9 Å². The summed E-state index contributed by atoms with van der Waals surface area (Å²) in [7, 11) is 0. The van der Waals surface area contributed by atoms with E-state index >= 15 is 0 Å². The van der Waals surface area contributed by atoms with Gasteiger partial charge in [-0.3, -0.25) is 0 Å². The summed E-state index contributed by atoms with van der Waals surface area (Å²) < 4.78 is 0. The monoisotopic (exact) mass is 249 g/mol. The molecule has 0 aliphatic rings. The van der Waals surface area contributed by atoms with Crippen molar-refractivity contribution in [3.8, 4) is 0 Å². The molecule has 0 atom stereocenters. The van der Waals surface area contributed by atoms with Crippen molar-refractivity contribution in [2.75, 3.05) is 0 Å². The fourth-order valence-corrected chi connectivity index (χ4v) is 0. The van der Waals surface area contributed by atoms with Crippen LogP contribution in [-0.2, 0) is 20.1 Å². The second kappa shape index (κ2) is 2420. The van der Waals surface area contributed by atoms with Gasteiger partial charge in [0.05, 0.1) is 0 Å². The van der Waals surface area contributed by atoms with Gasteiger partial charge in [0.15, 0.2) is 0 Å². The average molecular weight is 248 g/mol. The molecule has 0 nitrogen and oxygen atoms in total. The molecule has 0 fully saturated rings. The van der Waals surface area contributed by atoms with Crippen LogP contribution in [0, 0.1) is 0 Å². The van der Waals surface area contributed by atoms with E-state index in [2.05, 4.69) is 26.3 Å². The fourth-order valence-electron chi connectivity index (χ4n) is 0. The van der Waals surface area contributed by atoms with Gasteiger partial charge in [0.25, 0.3) is 0 Å². The smallest absolute Gasteiger partial charge is 0 e. The molecule has 0 saturated heterocycles. The quantitative estimate of drug-likeness (QED) is 0.571. The van der Waals surface area contributed by atoms with Gasteiger partial charge in [0.2, 0.25) is 0 Å². The van der Waals surface area contributed by atoms with E-state index in [9.17, 15) is 0 Å². The van der Waals surface area contributed by atoms with E-state index in [1.807, 2.05) is 0 Å². The van der Waals surface area contributed by atoms with Crippen molar-refractivity contribution >= 4 is 0 Å². The van der Waals surface area contributed by atoms with Gasteiger partial charge >= 0.3 is 0 Å². The van der Waals surface area contributed by atoms with Crippen molar-refractivity contribution in [1.82, 2.24) is 0 Å². The maximum absolute atomic E-state index is 3.00. The average Bonchev–Trinajstić information content (AvgIpc) is 1.50. The maximum Gasteiger partial charge on any atom is 0 e. The molecule has 0 heterocycles. The molecule has 0 rings (SSSR count). The van der Waals surface area contributed by atoms with E-state index < -0.39 is 0 Å². The Morgan fingerprint density at radius 3 is 0.600 bits per heavy atom. The summed E-state index contributed by atoms with van der Waals surface area (Å²) >= 11 is 0. The fraction of sp³-hybridized carbons (Fsp3) is 0. The van der Waals surface area contributed by atoms with Gasteiger partial charge in [-0.1, -0.05) is 0 Å². The van der Waals surface area contributed by atoms with Gasteiger partial charge in [0, 0.05) is 20.1 Å². The summed E-state index contributed by atoms with van der Waals surface area (Å²) in [5.41, 5.74) is 0. The zero-order valence-electron chi connectivity index (χ0n) is 3.16. The Bertz CT molecular complexity index is 5.61. The van der Waals surface area contributed by atoms with Crippen LogP contribution in [0.5, 0.6) is 0 Å². The Balaban J connectivity index is -0.0000000133. The molecular weight excluding hydrogens is 240 g/mol. The standard InChI is InChI=1S/2C2H4.Ir/c2*1-2;/h2*1-2H2;. The topological polar surface area (TPSA) is 0 Å². The molecule has 0 N–H and O–H groups in total. The van der Waals surface area contributed by atoms with Crippen LogP contribution < -0.4 is 0 Å². The first-order chi connectivity index (χ1) is 2.00. The molecule has 0 aliphatic heterocycles. The van der Waals surface area contributed by atoms with Crippen LogP contribution in [0.3, 0.4) is 0 Å². The molecule has 0 unspecified atom stereocenters. The van der Waals surface area contributed by atoms with Gasteiger partial charge in [0.1, 0.15) is 0 Å². The largest absolute Gasteiger partial charge is 0.106 e. The third-order valence-electron chi connectivity index (χ3n) is 0. The predicted octanol–water partition coefficient (Wildman–Crippen LogP) is 1.60. The predicted molar refractivity (Wildman–Crippen MR) is 22.5 cm³/mol. The van der Waals surface area contributed by atoms with Crippen LogP contribution >= 0.6 is 0 Å². The molecule has 5 heavy (non-hydrogen) atoms. The number of hydrogen-bond acceptors (Lipinski definition) is 0. The minimum Gasteiger partial charge on any atom is -0.106 e. The third-order valence-corrected chi connectivity index (χ3v) is 0. The molecule has 1 radical (unpaired) electrons. The molecule has 0 amide bonds. The zero-order chi connectivity index (χ0) is 4.00. The third kappa shape index (κ3) is 1120. The van der Waals surface area contributed by atoms with Crippen molar-refractivity contribution in [3.05, 3.63) is 26.3 Å². The Morgan fingerprint density at radius 1 is 0.600 bits per heavy atom. The van der Waals surface area contributed by atoms with Crippen LogP contribution in [0.4, 0.5) is 0 Å². The molecule has 0 aromatic heterocycles. The Morgan fingerprint density at radius 2 is 0.600 bits per heavy atom. The van der Waals surface area contributed by atoms with Gasteiger partial charge in [-0.15, -0.1) is 26.3 Å². The molecule has 0 saturated carbocycles. The zero-order valence-corrected chi connectivity index (χ0v) is 5.56. The van der Waals surface area contributed by atoms with Gasteiger partial charge < -0.3 is 0 Å². The Kier molecular flexibility index (Phi) is 9320. The van der Waals surface area contributed by atoms with E-state index in [0.29, 0.717) is 0 Å². The first-order valence-corrected chi connectivity index (χ1v) is 1.000. The summed E-state index contributed by atoms with van der Waals surface area (Å²) in [5, 5.41) is 0. The normalized spacial score (nSPS) is 1.60. The van der Waals surface area contributed by atoms with E-state index in [4.69, 9.17) is 0 Å². The van der Waals surface area contributed by atoms with Crippen molar-refractivity contribution in [2.45, 2.75) is 0 Å². The second-order valence-corrected chi connectivity index (χ2v) is 0. The van der Waals surface area contributed by atoms with E-state index in [0.717, 1.165) is 0 Å². The van der Waals surface area contributed by atoms with Crippen molar-refractivity contribution in [3.63, 3.8) is 0 Å². The summed E-state index contributed by atoms with van der Waals surface area (Å²) in [4.78, 5) is 0. The van der Waals surface area contributed by atoms with Crippen LogP contribution in [0.2, 0.25) is 0 Å². The summed E-state index contributed by atoms with van der Waals surface area (Å²) in [6.45, 7) is 12.0. The molecule has 0 aliphatic carbocycles. The molecule has 0 aromatic carbocycles. The Hall–Kier alpha value is 0.129. The van der Waals surface area contributed by atoms with E-state index in [-0.39, 0.29) is 20.1 Å². The maximum atomic E-state index is 3.00. The van der Waals surface area contributed by atoms with E-state index in [1.54, 1.807) is 0 Å². The minimum atomic E-state index is 0. The molecule has 0 bridgehead atoms. The van der Waals surface area contributed by atoms with Crippen molar-refractivity contribution in [2.24, 2.45) is 0 Å². The van der Waals surface area contributed by atoms with Crippen molar-refractivity contribution in [1.29, 1.82) is 0 Å². The molecule has 1 heteroatoms. The van der Waals surface area contributed by atoms with Crippen LogP contribution in [0.15, 0.2) is 26.3 Å². The number of rotatable bonds is 0. The summed E-state index contributed by atoms with van der Waals surface area (Å²) in [6.07, 6.45) is 0. The SMILES string of the molecule is C=C.C=C.[Ir]. The van der Waals surface area contributed by atoms with Crippen LogP contribution in [0.25, 0.3) is 0 Å². The summed E-state index contributed by atoms with van der Waals surface area (Å²) in [6, 6.07) is 0. The van der Waals surface area contributed by atoms with E-state index in [1.165, 1.54) is 0 Å². The van der Waals surface area contributed by atoms with Crippen molar-refractivity contribution < 1.29 is 20.1 Å². The van der Waals surface area contributed by atoms with Crippen LogP contribution in [0.1, 0.15) is 0 Å². The molecule has 0 aromatic rings. The van der Waals surface area contributed by atoms with Gasteiger partial charge in [-0.2, -0.15) is 0 Å². The first-order valence-electron chi connectivity index (χ1n) is 1.000. The van der Waals surface area contributed by atoms with Crippen LogP contribution in [-0.4, -0.2) is 0 Å². The number of hydrogen-bond donors (Lipinski definition) is 0. The van der Waals surface area contributed by atoms with Gasteiger partial charge in [-0.05, 0) is 0 Å². The second-order valence-electron chi connectivity index (χ2n) is 0. The molecular formula is C4H8Ir. The van der Waals surface area contributed by atoms with Gasteiger partial charge in [-0.25, -0.2) is 0 Å². The minimum absolute atomic E-state index is 0. The first kappa shape index (κ1) is 19.3. The molecule has 33 valence electrons. The summed E-state index contributed by atoms with van der Waals surface area (Å²) in [5.74, 6) is 0. The molecule has 0 spiro atoms.